The predicted octanol–water partition coefficient (Wildman–Crippen LogP) is 4.56. The largest absolute Gasteiger partial charge is 0.493 e. The summed E-state index contributed by atoms with van der Waals surface area (Å²) >= 11 is 6.07. The lowest BCUT2D eigenvalue weighted by molar-refractivity contribution is 0.280. The van der Waals surface area contributed by atoms with E-state index in [1.807, 2.05) is 18.2 Å². The molecule has 3 nitrogen and oxygen atoms in total. The van der Waals surface area contributed by atoms with Crippen molar-refractivity contribution >= 4 is 11.6 Å². The Morgan fingerprint density at radius 1 is 1.12 bits per heavy atom. The molecule has 0 saturated heterocycles. The summed E-state index contributed by atoms with van der Waals surface area (Å²) in [7, 11) is 5.73. The van der Waals surface area contributed by atoms with Crippen molar-refractivity contribution in [3.05, 3.63) is 58.4 Å². The SMILES string of the molecule is COc1cccc(CCCN(C)C)c1OCc1ccc(F)cc1Cl. The lowest BCUT2D eigenvalue weighted by Gasteiger charge is -2.16. The molecule has 2 rings (SSSR count). The normalized spacial score (nSPS) is 10.9. The molecule has 2 aromatic rings. The van der Waals surface area contributed by atoms with Gasteiger partial charge < -0.3 is 14.4 Å². The molecule has 0 atom stereocenters. The van der Waals surface area contributed by atoms with Crippen LogP contribution >= 0.6 is 11.6 Å². The molecule has 24 heavy (non-hydrogen) atoms. The van der Waals surface area contributed by atoms with Gasteiger partial charge in [0.1, 0.15) is 12.4 Å². The summed E-state index contributed by atoms with van der Waals surface area (Å²) in [5.41, 5.74) is 1.83. The van der Waals surface area contributed by atoms with Crippen LogP contribution in [-0.4, -0.2) is 32.6 Å². The van der Waals surface area contributed by atoms with Crippen LogP contribution in [-0.2, 0) is 13.0 Å². The number of hydrogen-bond acceptors (Lipinski definition) is 3. The molecule has 0 aliphatic carbocycles. The molecule has 0 aliphatic heterocycles. The van der Waals surface area contributed by atoms with E-state index in [2.05, 4.69) is 19.0 Å². The van der Waals surface area contributed by atoms with Crippen LogP contribution in [0, 0.1) is 5.82 Å². The summed E-state index contributed by atoms with van der Waals surface area (Å²) in [6, 6.07) is 10.2. The van der Waals surface area contributed by atoms with Crippen molar-refractivity contribution < 1.29 is 13.9 Å². The molecule has 2 aromatic carbocycles. The second-order valence-corrected chi connectivity index (χ2v) is 6.29. The third-order valence-electron chi connectivity index (χ3n) is 3.72. The van der Waals surface area contributed by atoms with E-state index >= 15 is 0 Å². The summed E-state index contributed by atoms with van der Waals surface area (Å²) < 4.78 is 24.5. The molecule has 0 spiro atoms. The van der Waals surface area contributed by atoms with Gasteiger partial charge in [-0.1, -0.05) is 29.8 Å². The zero-order chi connectivity index (χ0) is 17.5. The molecule has 130 valence electrons. The van der Waals surface area contributed by atoms with Gasteiger partial charge >= 0.3 is 0 Å². The average molecular weight is 352 g/mol. The Kier molecular flexibility index (Phi) is 6.88. The summed E-state index contributed by atoms with van der Waals surface area (Å²) in [4.78, 5) is 2.15. The van der Waals surface area contributed by atoms with Gasteiger partial charge in [-0.2, -0.15) is 0 Å². The Bertz CT molecular complexity index is 676. The van der Waals surface area contributed by atoms with E-state index in [4.69, 9.17) is 21.1 Å². The number of benzene rings is 2. The first-order valence-corrected chi connectivity index (χ1v) is 8.26. The number of aryl methyl sites for hydroxylation is 1. The highest BCUT2D eigenvalue weighted by Crippen LogP contribution is 2.33. The molecule has 0 heterocycles. The Labute approximate surface area is 147 Å². The fourth-order valence-corrected chi connectivity index (χ4v) is 2.68. The van der Waals surface area contributed by atoms with Gasteiger partial charge in [-0.25, -0.2) is 4.39 Å². The zero-order valence-corrected chi connectivity index (χ0v) is 15.1. The Morgan fingerprint density at radius 3 is 2.58 bits per heavy atom. The number of methoxy groups -OCH3 is 1. The number of halogens is 2. The maximum absolute atomic E-state index is 13.1. The summed E-state index contributed by atoms with van der Waals surface area (Å²) in [6.45, 7) is 1.26. The van der Waals surface area contributed by atoms with E-state index in [1.54, 1.807) is 13.2 Å². The molecular weight excluding hydrogens is 329 g/mol. The van der Waals surface area contributed by atoms with Crippen LogP contribution in [0.1, 0.15) is 17.5 Å². The summed E-state index contributed by atoms with van der Waals surface area (Å²) in [5, 5.41) is 0.360. The van der Waals surface area contributed by atoms with E-state index in [0.29, 0.717) is 10.8 Å². The number of nitrogens with zero attached hydrogens (tertiary/aromatic N) is 1. The van der Waals surface area contributed by atoms with Gasteiger partial charge in [0.25, 0.3) is 0 Å². The third-order valence-corrected chi connectivity index (χ3v) is 4.07. The highest BCUT2D eigenvalue weighted by Gasteiger charge is 2.12. The van der Waals surface area contributed by atoms with Gasteiger partial charge in [-0.15, -0.1) is 0 Å². The maximum atomic E-state index is 13.1. The Hall–Kier alpha value is -1.78. The highest BCUT2D eigenvalue weighted by molar-refractivity contribution is 6.31. The van der Waals surface area contributed by atoms with Gasteiger partial charge in [0.15, 0.2) is 11.5 Å². The lowest BCUT2D eigenvalue weighted by atomic mass is 10.1. The molecule has 5 heteroatoms. The fourth-order valence-electron chi connectivity index (χ4n) is 2.46. The van der Waals surface area contributed by atoms with E-state index in [-0.39, 0.29) is 12.4 Å². The molecule has 0 amide bonds. The average Bonchev–Trinajstić information content (AvgIpc) is 2.54. The molecule has 0 aliphatic rings. The zero-order valence-electron chi connectivity index (χ0n) is 14.3. The van der Waals surface area contributed by atoms with Gasteiger partial charge in [0.05, 0.1) is 12.1 Å². The number of ether oxygens (including phenoxy) is 2. The minimum absolute atomic E-state index is 0.264. The van der Waals surface area contributed by atoms with Crippen molar-refractivity contribution in [2.75, 3.05) is 27.7 Å². The van der Waals surface area contributed by atoms with E-state index in [1.165, 1.54) is 12.1 Å². The minimum Gasteiger partial charge on any atom is -0.493 e. The molecule has 0 N–H and O–H groups in total. The topological polar surface area (TPSA) is 21.7 Å². The van der Waals surface area contributed by atoms with E-state index in [9.17, 15) is 4.39 Å². The first-order chi connectivity index (χ1) is 11.5. The first kappa shape index (κ1) is 18.6. The smallest absolute Gasteiger partial charge is 0.164 e. The number of para-hydroxylation sites is 1. The van der Waals surface area contributed by atoms with E-state index < -0.39 is 0 Å². The standard InChI is InChI=1S/C19H23ClFNO2/c1-22(2)11-5-7-14-6-4-8-18(23-3)19(14)24-13-15-9-10-16(21)12-17(15)20/h4,6,8-10,12H,5,7,11,13H2,1-3H3. The molecule has 0 bridgehead atoms. The van der Waals surface area contributed by atoms with Gasteiger partial charge in [0.2, 0.25) is 0 Å². The van der Waals surface area contributed by atoms with Crippen molar-refractivity contribution in [2.24, 2.45) is 0 Å². The monoisotopic (exact) mass is 351 g/mol. The van der Waals surface area contributed by atoms with Crippen LogP contribution in [0.5, 0.6) is 11.5 Å². The van der Waals surface area contributed by atoms with Crippen LogP contribution in [0.2, 0.25) is 5.02 Å². The number of rotatable bonds is 8. The van der Waals surface area contributed by atoms with Crippen molar-refractivity contribution in [3.8, 4) is 11.5 Å². The first-order valence-electron chi connectivity index (χ1n) is 7.88. The molecule has 0 unspecified atom stereocenters. The van der Waals surface area contributed by atoms with Crippen LogP contribution in [0.4, 0.5) is 4.39 Å². The minimum atomic E-state index is -0.356. The van der Waals surface area contributed by atoms with Gasteiger partial charge in [-0.3, -0.25) is 0 Å². The third kappa shape index (κ3) is 5.11. The fraction of sp³-hybridized carbons (Fsp3) is 0.368. The van der Waals surface area contributed by atoms with Crippen LogP contribution in [0.15, 0.2) is 36.4 Å². The molecule has 0 radical (unpaired) electrons. The Balaban J connectivity index is 2.14. The van der Waals surface area contributed by atoms with Crippen LogP contribution < -0.4 is 9.47 Å². The van der Waals surface area contributed by atoms with Gasteiger partial charge in [-0.05, 0) is 57.2 Å². The Morgan fingerprint density at radius 2 is 1.92 bits per heavy atom. The van der Waals surface area contributed by atoms with Crippen molar-refractivity contribution in [3.63, 3.8) is 0 Å². The van der Waals surface area contributed by atoms with Crippen LogP contribution in [0.3, 0.4) is 0 Å². The quantitative estimate of drug-likeness (QED) is 0.695. The van der Waals surface area contributed by atoms with E-state index in [0.717, 1.165) is 36.3 Å². The second-order valence-electron chi connectivity index (χ2n) is 5.88. The molecule has 0 saturated carbocycles. The highest BCUT2D eigenvalue weighted by atomic mass is 35.5. The molecule has 0 fully saturated rings. The van der Waals surface area contributed by atoms with Crippen LogP contribution in [0.25, 0.3) is 0 Å². The molecule has 0 aromatic heterocycles. The summed E-state index contributed by atoms with van der Waals surface area (Å²) in [6.07, 6.45) is 1.91. The second kappa shape index (κ2) is 8.90. The van der Waals surface area contributed by atoms with Crippen molar-refractivity contribution in [1.82, 2.24) is 4.90 Å². The lowest BCUT2D eigenvalue weighted by Crippen LogP contribution is -2.13. The summed E-state index contributed by atoms with van der Waals surface area (Å²) in [5.74, 6) is 1.06. The van der Waals surface area contributed by atoms with Gasteiger partial charge in [0, 0.05) is 5.56 Å². The van der Waals surface area contributed by atoms with Crippen molar-refractivity contribution in [1.29, 1.82) is 0 Å². The maximum Gasteiger partial charge on any atom is 0.164 e. The number of hydrogen-bond donors (Lipinski definition) is 0. The van der Waals surface area contributed by atoms with Crippen molar-refractivity contribution in [2.45, 2.75) is 19.4 Å². The molecular formula is C19H23ClFNO2. The predicted molar refractivity (Wildman–Crippen MR) is 95.6 cm³/mol.